The van der Waals surface area contributed by atoms with Gasteiger partial charge in [-0.15, -0.1) is 0 Å². The van der Waals surface area contributed by atoms with Crippen molar-refractivity contribution in [3.8, 4) is 0 Å². The zero-order valence-corrected chi connectivity index (χ0v) is 14.2. The second kappa shape index (κ2) is 5.56. The van der Waals surface area contributed by atoms with Crippen LogP contribution in [0, 0.1) is 39.3 Å². The minimum atomic E-state index is -1.14. The first kappa shape index (κ1) is 16.6. The van der Waals surface area contributed by atoms with Gasteiger partial charge in [-0.1, -0.05) is 21.4 Å². The van der Waals surface area contributed by atoms with Crippen molar-refractivity contribution in [2.75, 3.05) is 0 Å². The Morgan fingerprint density at radius 2 is 1.96 bits per heavy atom. The van der Waals surface area contributed by atoms with Crippen LogP contribution in [0.1, 0.15) is 34.1 Å². The van der Waals surface area contributed by atoms with Crippen molar-refractivity contribution < 1.29 is 19.1 Å². The molecule has 3 aromatic rings. The van der Waals surface area contributed by atoms with E-state index in [1.807, 2.05) is 25.1 Å². The summed E-state index contributed by atoms with van der Waals surface area (Å²) >= 11 is 0. The number of fused-ring (bicyclic) bond motifs is 2. The first-order valence-corrected chi connectivity index (χ1v) is 7.90. The summed E-state index contributed by atoms with van der Waals surface area (Å²) in [5.74, 6) is -1.14. The van der Waals surface area contributed by atoms with Crippen LogP contribution >= 0.6 is 0 Å². The molecule has 0 saturated carbocycles. The third-order valence-corrected chi connectivity index (χ3v) is 4.68. The summed E-state index contributed by atoms with van der Waals surface area (Å²) in [5, 5.41) is 37.3. The van der Waals surface area contributed by atoms with Gasteiger partial charge in [-0.25, -0.2) is 0 Å². The van der Waals surface area contributed by atoms with Gasteiger partial charge in [-0.2, -0.15) is 4.90 Å². The van der Waals surface area contributed by atoms with Gasteiger partial charge in [0.25, 0.3) is 22.8 Å². The molecule has 0 fully saturated rings. The lowest BCUT2D eigenvalue weighted by molar-refractivity contribution is -0.720. The van der Waals surface area contributed by atoms with E-state index in [0.29, 0.717) is 16.6 Å². The summed E-state index contributed by atoms with van der Waals surface area (Å²) in [6.07, 6.45) is 0.868. The van der Waals surface area contributed by atoms with E-state index in [4.69, 9.17) is 0 Å². The standard InChI is InChI=1S/C16H13N5O6/c1-7-3-4-10-9(5-7)13(8(2)17-10)14-11(19(22)23)6-12(20(24)25)15-16(14)21(26)27-18-15/h3-6,14,17-18H,1-2H3. The molecule has 0 aliphatic heterocycles. The molecule has 1 unspecified atom stereocenters. The highest BCUT2D eigenvalue weighted by molar-refractivity contribution is 6.06. The molecule has 2 heterocycles. The Kier molecular flexibility index (Phi) is 3.41. The molecule has 0 saturated heterocycles. The Bertz CT molecular complexity index is 1220. The fraction of sp³-hybridized carbons (Fsp3) is 0.188. The molecule has 11 nitrogen and oxygen atoms in total. The maximum absolute atomic E-state index is 12.2. The summed E-state index contributed by atoms with van der Waals surface area (Å²) in [4.78, 5) is 25.6. The Morgan fingerprint density at radius 1 is 1.22 bits per heavy atom. The predicted octanol–water partition coefficient (Wildman–Crippen LogP) is 1.72. The minimum Gasteiger partial charge on any atom is -0.612 e. The van der Waals surface area contributed by atoms with Gasteiger partial charge in [0.2, 0.25) is 0 Å². The molecule has 138 valence electrons. The van der Waals surface area contributed by atoms with E-state index in [9.17, 15) is 25.4 Å². The smallest absolute Gasteiger partial charge is 0.289 e. The van der Waals surface area contributed by atoms with Gasteiger partial charge in [0.1, 0.15) is 0 Å². The van der Waals surface area contributed by atoms with Crippen LogP contribution in [-0.2, 0) is 0 Å². The second-order valence-corrected chi connectivity index (χ2v) is 6.33. The van der Waals surface area contributed by atoms with Gasteiger partial charge in [0.05, 0.1) is 11.0 Å². The molecule has 11 heteroatoms. The van der Waals surface area contributed by atoms with Gasteiger partial charge >= 0.3 is 0 Å². The van der Waals surface area contributed by atoms with Crippen molar-refractivity contribution in [1.82, 2.24) is 10.1 Å². The monoisotopic (exact) mass is 371 g/mol. The molecule has 1 aromatic carbocycles. The zero-order valence-electron chi connectivity index (χ0n) is 14.2. The van der Waals surface area contributed by atoms with Gasteiger partial charge in [0, 0.05) is 22.2 Å². The van der Waals surface area contributed by atoms with E-state index in [0.717, 1.165) is 17.2 Å². The summed E-state index contributed by atoms with van der Waals surface area (Å²) < 4.78 is 4.72. The third kappa shape index (κ3) is 2.32. The molecule has 1 atom stereocenters. The van der Waals surface area contributed by atoms with E-state index in [-0.39, 0.29) is 16.0 Å². The lowest BCUT2D eigenvalue weighted by Gasteiger charge is -2.15. The first-order chi connectivity index (χ1) is 12.8. The molecule has 0 bridgehead atoms. The predicted molar refractivity (Wildman–Crippen MR) is 92.2 cm³/mol. The Morgan fingerprint density at radius 3 is 2.63 bits per heavy atom. The molecule has 1 aliphatic rings. The number of aromatic nitrogens is 3. The third-order valence-electron chi connectivity index (χ3n) is 4.68. The zero-order chi connectivity index (χ0) is 19.5. The highest BCUT2D eigenvalue weighted by Gasteiger charge is 2.49. The van der Waals surface area contributed by atoms with Crippen molar-refractivity contribution in [3.05, 3.63) is 83.6 Å². The quantitative estimate of drug-likeness (QED) is 0.396. The van der Waals surface area contributed by atoms with Gasteiger partial charge in [-0.05, 0) is 30.9 Å². The Balaban J connectivity index is 2.12. The average Bonchev–Trinajstić information content (AvgIpc) is 3.13. The van der Waals surface area contributed by atoms with Gasteiger partial charge in [0.15, 0.2) is 10.5 Å². The van der Waals surface area contributed by atoms with E-state index in [1.165, 1.54) is 0 Å². The molecule has 27 heavy (non-hydrogen) atoms. The van der Waals surface area contributed by atoms with Crippen LogP contribution in [0.2, 0.25) is 0 Å². The van der Waals surface area contributed by atoms with Crippen molar-refractivity contribution in [2.45, 2.75) is 19.8 Å². The maximum Gasteiger partial charge on any atom is 0.289 e. The van der Waals surface area contributed by atoms with Crippen molar-refractivity contribution in [3.63, 3.8) is 0 Å². The fourth-order valence-corrected chi connectivity index (χ4v) is 3.57. The molecular formula is C16H13N5O6. The summed E-state index contributed by atoms with van der Waals surface area (Å²) in [6, 6.07) is 5.56. The number of hydrogen-bond acceptors (Lipinski definition) is 6. The number of aryl methyl sites for hydroxylation is 2. The highest BCUT2D eigenvalue weighted by Crippen LogP contribution is 2.40. The van der Waals surface area contributed by atoms with Crippen LogP contribution in [-0.4, -0.2) is 25.7 Å². The van der Waals surface area contributed by atoms with E-state index in [1.54, 1.807) is 6.92 Å². The second-order valence-electron chi connectivity index (χ2n) is 6.33. The van der Waals surface area contributed by atoms with Crippen LogP contribution in [0.25, 0.3) is 10.9 Å². The van der Waals surface area contributed by atoms with Gasteiger partial charge in [-0.3, -0.25) is 10.1 Å². The Hall–Kier alpha value is -3.89. The lowest BCUT2D eigenvalue weighted by Crippen LogP contribution is -2.31. The van der Waals surface area contributed by atoms with Crippen molar-refractivity contribution in [1.29, 1.82) is 0 Å². The molecule has 1 aliphatic carbocycles. The van der Waals surface area contributed by atoms with Crippen LogP contribution in [0.15, 0.2) is 34.6 Å². The highest BCUT2D eigenvalue weighted by atomic mass is 16.8. The number of benzene rings is 1. The summed E-state index contributed by atoms with van der Waals surface area (Å²) in [6.45, 7) is 3.60. The number of allylic oxidation sites excluding steroid dienone is 2. The molecular weight excluding hydrogens is 358 g/mol. The maximum atomic E-state index is 12.2. The number of hydrogen-bond donors (Lipinski definition) is 2. The summed E-state index contributed by atoms with van der Waals surface area (Å²) in [5.41, 5.74) is 1.31. The van der Waals surface area contributed by atoms with E-state index >= 15 is 0 Å². The van der Waals surface area contributed by atoms with Crippen molar-refractivity contribution in [2.24, 2.45) is 0 Å². The SMILES string of the molecule is Cc1ccc2[nH]c(C)c(C3C([N+](=O)[O-])=CC(=[N+]([O-])[O-])c4[nH]o[n+](=O)c43)c2c1. The first-order valence-electron chi connectivity index (χ1n) is 7.90. The number of aromatic amines is 2. The number of H-pyrrole nitrogens is 2. The minimum absolute atomic E-state index is 0.0497. The molecule has 0 radical (unpaired) electrons. The largest absolute Gasteiger partial charge is 0.612 e. The molecule has 4 rings (SSSR count). The van der Waals surface area contributed by atoms with E-state index < -0.39 is 27.2 Å². The number of nitrogens with one attached hydrogen (secondary N) is 2. The van der Waals surface area contributed by atoms with Crippen LogP contribution in [0.5, 0.6) is 0 Å². The molecule has 0 amide bonds. The number of nitro groups is 1. The van der Waals surface area contributed by atoms with Crippen LogP contribution in [0.4, 0.5) is 0 Å². The van der Waals surface area contributed by atoms with E-state index in [2.05, 4.69) is 14.8 Å². The Labute approximate surface area is 150 Å². The molecule has 0 spiro atoms. The normalized spacial score (nSPS) is 16.3. The molecule has 2 aromatic heterocycles. The average molecular weight is 371 g/mol. The summed E-state index contributed by atoms with van der Waals surface area (Å²) in [7, 11) is 0. The molecule has 2 N–H and O–H groups in total. The van der Waals surface area contributed by atoms with Crippen molar-refractivity contribution >= 4 is 16.6 Å². The number of rotatable bonds is 2. The van der Waals surface area contributed by atoms with Crippen LogP contribution < -0.4 is 4.60 Å². The fourth-order valence-electron chi connectivity index (χ4n) is 3.57. The van der Waals surface area contributed by atoms with Crippen LogP contribution in [0.3, 0.4) is 0 Å². The number of nitrogens with zero attached hydrogens (tertiary/aromatic N) is 3. The lowest BCUT2D eigenvalue weighted by atomic mass is 9.84. The van der Waals surface area contributed by atoms with Gasteiger partial charge < -0.3 is 15.4 Å². The topological polar surface area (TPSA) is 160 Å².